The predicted octanol–water partition coefficient (Wildman–Crippen LogP) is 4.10. The standard InChI is InChI=1S/C28H31BrFNO5/c1-25-9-8-20(33)10-16(25)6-7-21-22-11-17-14-31(19-5-3-4-18(29)12-19)36-28(17,24(35)15-32)26(22,2)13-23(34)27(21,25)30/h3-5,8-10,12,17,21-23,32,34H,6-7,11,13-15H2,1-2H3/t17-,21-,22-,23-,25-,26-,27-,28-/m0/s1. The Morgan fingerprint density at radius 1 is 1.31 bits per heavy atom. The van der Waals surface area contributed by atoms with E-state index in [0.29, 0.717) is 25.8 Å². The number of carbonyl (C=O) groups excluding carboxylic acids is 2. The molecule has 0 spiro atoms. The number of anilines is 1. The molecule has 0 amide bonds. The number of aliphatic hydroxyl groups excluding tert-OH is 2. The fourth-order valence-electron chi connectivity index (χ4n) is 8.66. The number of alkyl halides is 1. The number of hydrogen-bond acceptors (Lipinski definition) is 6. The molecule has 3 saturated carbocycles. The van der Waals surface area contributed by atoms with Crippen molar-refractivity contribution >= 4 is 33.2 Å². The predicted molar refractivity (Wildman–Crippen MR) is 135 cm³/mol. The summed E-state index contributed by atoms with van der Waals surface area (Å²) in [5.41, 5.74) is -3.76. The van der Waals surface area contributed by atoms with E-state index in [1.54, 1.807) is 18.1 Å². The Kier molecular flexibility index (Phi) is 5.31. The van der Waals surface area contributed by atoms with Crippen LogP contribution >= 0.6 is 15.9 Å². The molecular formula is C28H31BrFNO5. The molecular weight excluding hydrogens is 529 g/mol. The van der Waals surface area contributed by atoms with Crippen LogP contribution in [0.1, 0.15) is 39.5 Å². The Labute approximate surface area is 218 Å². The average molecular weight is 560 g/mol. The van der Waals surface area contributed by atoms with Crippen molar-refractivity contribution in [3.05, 3.63) is 52.5 Å². The average Bonchev–Trinajstić information content (AvgIpc) is 3.34. The molecule has 8 atom stereocenters. The van der Waals surface area contributed by atoms with E-state index < -0.39 is 46.5 Å². The number of hydrogen-bond donors (Lipinski definition) is 2. The molecule has 4 aliphatic carbocycles. The van der Waals surface area contributed by atoms with E-state index in [0.717, 1.165) is 15.7 Å². The van der Waals surface area contributed by atoms with Gasteiger partial charge in [-0.2, -0.15) is 0 Å². The number of halogens is 2. The minimum atomic E-state index is -1.97. The molecule has 6 rings (SSSR count). The Balaban J connectivity index is 1.43. The zero-order chi connectivity index (χ0) is 25.7. The van der Waals surface area contributed by atoms with Crippen molar-refractivity contribution < 1.29 is 29.0 Å². The first-order chi connectivity index (χ1) is 17.0. The van der Waals surface area contributed by atoms with E-state index in [1.807, 2.05) is 31.2 Å². The molecule has 1 aromatic rings. The number of benzene rings is 1. The molecule has 4 fully saturated rings. The second-order valence-corrected chi connectivity index (χ2v) is 12.6. The SMILES string of the molecule is C[C@]12C=CC(=O)C=C1CC[C@H]1[C@@H]3C[C@H]4CN(c5cccc(Br)c5)O[C@@]4(C(=O)CO)[C@@]3(C)C[C@H](O)[C@@]12F. The van der Waals surface area contributed by atoms with Gasteiger partial charge in [0.2, 0.25) is 0 Å². The van der Waals surface area contributed by atoms with Crippen molar-refractivity contribution in [1.82, 2.24) is 0 Å². The van der Waals surface area contributed by atoms with Crippen LogP contribution in [0.2, 0.25) is 0 Å². The maximum atomic E-state index is 17.4. The lowest BCUT2D eigenvalue weighted by Crippen LogP contribution is -2.69. The summed E-state index contributed by atoms with van der Waals surface area (Å²) >= 11 is 3.49. The lowest BCUT2D eigenvalue weighted by molar-refractivity contribution is -0.223. The zero-order valence-corrected chi connectivity index (χ0v) is 22.0. The Morgan fingerprint density at radius 3 is 2.81 bits per heavy atom. The van der Waals surface area contributed by atoms with Crippen LogP contribution in [0.15, 0.2) is 52.5 Å². The highest BCUT2D eigenvalue weighted by atomic mass is 79.9. The molecule has 36 heavy (non-hydrogen) atoms. The Morgan fingerprint density at radius 2 is 2.08 bits per heavy atom. The van der Waals surface area contributed by atoms with Crippen molar-refractivity contribution in [3.63, 3.8) is 0 Å². The summed E-state index contributed by atoms with van der Waals surface area (Å²) in [5, 5.41) is 23.4. The molecule has 0 bridgehead atoms. The largest absolute Gasteiger partial charge is 0.390 e. The van der Waals surface area contributed by atoms with E-state index in [2.05, 4.69) is 15.9 Å². The van der Waals surface area contributed by atoms with Gasteiger partial charge in [0.25, 0.3) is 0 Å². The highest BCUT2D eigenvalue weighted by molar-refractivity contribution is 9.10. The Hall–Kier alpha value is -1.87. The van der Waals surface area contributed by atoms with Gasteiger partial charge in [0.1, 0.15) is 6.61 Å². The van der Waals surface area contributed by atoms with Gasteiger partial charge in [-0.05, 0) is 68.9 Å². The number of ketones is 2. The quantitative estimate of drug-likeness (QED) is 0.579. The summed E-state index contributed by atoms with van der Waals surface area (Å²) in [6.45, 7) is 3.48. The normalized spacial score (nSPS) is 45.0. The zero-order valence-electron chi connectivity index (χ0n) is 20.4. The van der Waals surface area contributed by atoms with Gasteiger partial charge in [0.15, 0.2) is 22.8 Å². The summed E-state index contributed by atoms with van der Waals surface area (Å²) in [6.07, 6.45) is 4.86. The van der Waals surface area contributed by atoms with E-state index in [4.69, 9.17) is 4.84 Å². The van der Waals surface area contributed by atoms with E-state index in [9.17, 15) is 19.8 Å². The molecule has 1 aromatic carbocycles. The molecule has 6 nitrogen and oxygen atoms in total. The molecule has 1 saturated heterocycles. The second-order valence-electron chi connectivity index (χ2n) is 11.6. The summed E-state index contributed by atoms with van der Waals surface area (Å²) in [6, 6.07) is 7.61. The van der Waals surface area contributed by atoms with Gasteiger partial charge in [0.05, 0.1) is 18.3 Å². The van der Waals surface area contributed by atoms with Gasteiger partial charge >= 0.3 is 0 Å². The van der Waals surface area contributed by atoms with Gasteiger partial charge in [-0.3, -0.25) is 19.5 Å². The number of fused-ring (bicyclic) bond motifs is 7. The number of aliphatic hydroxyl groups is 2. The fourth-order valence-corrected chi connectivity index (χ4v) is 9.04. The van der Waals surface area contributed by atoms with Crippen LogP contribution in [0.5, 0.6) is 0 Å². The molecule has 1 heterocycles. The second kappa shape index (κ2) is 7.82. The minimum absolute atomic E-state index is 0.0316. The third-order valence-corrected chi connectivity index (χ3v) is 10.8. The highest BCUT2D eigenvalue weighted by Gasteiger charge is 2.78. The summed E-state index contributed by atoms with van der Waals surface area (Å²) in [5.74, 6) is -1.56. The molecule has 192 valence electrons. The van der Waals surface area contributed by atoms with Crippen molar-refractivity contribution in [2.75, 3.05) is 18.2 Å². The van der Waals surface area contributed by atoms with E-state index >= 15 is 4.39 Å². The van der Waals surface area contributed by atoms with Crippen molar-refractivity contribution in [2.24, 2.45) is 28.6 Å². The summed E-state index contributed by atoms with van der Waals surface area (Å²) < 4.78 is 18.3. The van der Waals surface area contributed by atoms with Crippen molar-refractivity contribution in [3.8, 4) is 0 Å². The van der Waals surface area contributed by atoms with E-state index in [-0.39, 0.29) is 24.0 Å². The van der Waals surface area contributed by atoms with E-state index in [1.165, 1.54) is 12.2 Å². The van der Waals surface area contributed by atoms with Gasteiger partial charge in [-0.25, -0.2) is 4.39 Å². The molecule has 2 N–H and O–H groups in total. The van der Waals surface area contributed by atoms with Crippen LogP contribution in [0.25, 0.3) is 0 Å². The number of carbonyl (C=O) groups is 2. The number of hydroxylamine groups is 1. The van der Waals surface area contributed by atoms with Crippen LogP contribution in [-0.4, -0.2) is 52.3 Å². The summed E-state index contributed by atoms with van der Waals surface area (Å²) in [7, 11) is 0. The van der Waals surface area contributed by atoms with Crippen molar-refractivity contribution in [2.45, 2.75) is 56.9 Å². The summed E-state index contributed by atoms with van der Waals surface area (Å²) in [4.78, 5) is 32.2. The lowest BCUT2D eigenvalue weighted by Gasteiger charge is -2.62. The van der Waals surface area contributed by atoms with Crippen LogP contribution in [0.4, 0.5) is 10.1 Å². The number of Topliss-reactive ketones (excluding diaryl/α,β-unsaturated/α-hetero) is 1. The highest BCUT2D eigenvalue weighted by Crippen LogP contribution is 2.72. The molecule has 5 aliphatic rings. The topological polar surface area (TPSA) is 87.1 Å². The smallest absolute Gasteiger partial charge is 0.193 e. The van der Waals surface area contributed by atoms with Crippen molar-refractivity contribution in [1.29, 1.82) is 0 Å². The lowest BCUT2D eigenvalue weighted by atomic mass is 9.44. The molecule has 0 radical (unpaired) electrons. The molecule has 0 unspecified atom stereocenters. The van der Waals surface area contributed by atoms with Crippen LogP contribution < -0.4 is 5.06 Å². The molecule has 0 aromatic heterocycles. The van der Waals surface area contributed by atoms with Gasteiger partial charge in [-0.1, -0.05) is 40.6 Å². The third-order valence-electron chi connectivity index (χ3n) is 10.3. The van der Waals surface area contributed by atoms with Crippen LogP contribution in [0, 0.1) is 28.6 Å². The fraction of sp³-hybridized carbons (Fsp3) is 0.571. The van der Waals surface area contributed by atoms with Gasteiger partial charge in [0, 0.05) is 27.1 Å². The van der Waals surface area contributed by atoms with Crippen LogP contribution in [0.3, 0.4) is 0 Å². The van der Waals surface area contributed by atoms with Gasteiger partial charge in [-0.15, -0.1) is 0 Å². The number of nitrogens with zero attached hydrogens (tertiary/aromatic N) is 1. The first-order valence-corrected chi connectivity index (χ1v) is 13.5. The first-order valence-electron chi connectivity index (χ1n) is 12.7. The molecule has 1 aliphatic heterocycles. The maximum Gasteiger partial charge on any atom is 0.193 e. The third kappa shape index (κ3) is 2.82. The van der Waals surface area contributed by atoms with Gasteiger partial charge < -0.3 is 10.2 Å². The Bertz CT molecular complexity index is 1220. The monoisotopic (exact) mass is 559 g/mol. The molecule has 8 heteroatoms. The van der Waals surface area contributed by atoms with Crippen LogP contribution in [-0.2, 0) is 14.4 Å². The minimum Gasteiger partial charge on any atom is -0.390 e. The number of rotatable bonds is 3. The first kappa shape index (κ1) is 24.5. The number of allylic oxidation sites excluding steroid dienone is 4. The maximum absolute atomic E-state index is 17.4.